The van der Waals surface area contributed by atoms with Crippen molar-refractivity contribution in [2.24, 2.45) is 0 Å². The second-order valence-corrected chi connectivity index (χ2v) is 8.96. The van der Waals surface area contributed by atoms with Crippen molar-refractivity contribution >= 4 is 58.0 Å². The van der Waals surface area contributed by atoms with Gasteiger partial charge in [0.25, 0.3) is 0 Å². The predicted molar refractivity (Wildman–Crippen MR) is 129 cm³/mol. The minimum atomic E-state index is 0.432. The van der Waals surface area contributed by atoms with Crippen LogP contribution in [-0.2, 0) is 0 Å². The highest BCUT2D eigenvalue weighted by Crippen LogP contribution is 2.41. The lowest BCUT2D eigenvalue weighted by molar-refractivity contribution is 0.889. The molecule has 0 saturated heterocycles. The zero-order valence-corrected chi connectivity index (χ0v) is 19.8. The third-order valence-electron chi connectivity index (χ3n) is 4.95. The third kappa shape index (κ3) is 3.95. The van der Waals surface area contributed by atoms with Gasteiger partial charge in [0.1, 0.15) is 5.69 Å². The van der Waals surface area contributed by atoms with E-state index < -0.39 is 0 Å². The lowest BCUT2D eigenvalue weighted by atomic mass is 10.1. The molecule has 1 aromatic heterocycles. The molecule has 30 heavy (non-hydrogen) atoms. The van der Waals surface area contributed by atoms with Gasteiger partial charge in [0.15, 0.2) is 0 Å². The molecule has 0 aliphatic heterocycles. The van der Waals surface area contributed by atoms with Crippen molar-refractivity contribution in [1.29, 1.82) is 0 Å². The van der Waals surface area contributed by atoms with E-state index in [4.69, 9.17) is 63.1 Å². The first-order chi connectivity index (χ1) is 14.3. The Labute approximate surface area is 199 Å². The first kappa shape index (κ1) is 21.5. The number of hydrogen-bond donors (Lipinski definition) is 0. The fourth-order valence-corrected chi connectivity index (χ4v) is 4.10. The van der Waals surface area contributed by atoms with Gasteiger partial charge in [-0.25, -0.2) is 4.68 Å². The zero-order chi connectivity index (χ0) is 21.6. The van der Waals surface area contributed by atoms with Crippen LogP contribution in [0.15, 0.2) is 54.6 Å². The summed E-state index contributed by atoms with van der Waals surface area (Å²) in [6, 6.07) is 16.8. The van der Waals surface area contributed by atoms with Gasteiger partial charge < -0.3 is 0 Å². The molecule has 0 unspecified atom stereocenters. The summed E-state index contributed by atoms with van der Waals surface area (Å²) in [7, 11) is 0. The van der Waals surface area contributed by atoms with Gasteiger partial charge in [-0.15, -0.1) is 0 Å². The Morgan fingerprint density at radius 1 is 0.633 bits per heavy atom. The van der Waals surface area contributed by atoms with Crippen molar-refractivity contribution in [3.63, 3.8) is 0 Å². The second kappa shape index (κ2) is 8.45. The number of aryl methyl sites for hydroxylation is 2. The molecule has 0 bridgehead atoms. The summed E-state index contributed by atoms with van der Waals surface area (Å²) in [5.41, 5.74) is 6.08. The van der Waals surface area contributed by atoms with Gasteiger partial charge in [0.05, 0.1) is 36.5 Å². The Balaban J connectivity index is 2.00. The van der Waals surface area contributed by atoms with Gasteiger partial charge in [-0.3, -0.25) is 0 Å². The summed E-state index contributed by atoms with van der Waals surface area (Å²) < 4.78 is 1.81. The Kier molecular flexibility index (Phi) is 6.07. The molecule has 3 aromatic carbocycles. The highest BCUT2D eigenvalue weighted by Gasteiger charge is 2.21. The standard InChI is InChI=1S/C23H15Cl5N2/c1-12-3-6-16(9-13(12)2)30-23(15-5-8-18(25)20(27)11-15)21(28)22(29-30)14-4-7-17(24)19(26)10-14/h3-11H,1-2H3. The van der Waals surface area contributed by atoms with Crippen LogP contribution in [0.1, 0.15) is 11.1 Å². The summed E-state index contributed by atoms with van der Waals surface area (Å²) in [4.78, 5) is 0. The summed E-state index contributed by atoms with van der Waals surface area (Å²) in [5, 5.41) is 7.11. The van der Waals surface area contributed by atoms with Crippen molar-refractivity contribution in [2.75, 3.05) is 0 Å². The molecule has 0 aliphatic carbocycles. The largest absolute Gasteiger partial charge is 0.231 e. The lowest BCUT2D eigenvalue weighted by Crippen LogP contribution is -2.00. The normalized spacial score (nSPS) is 11.2. The molecule has 0 aliphatic rings. The molecule has 0 saturated carbocycles. The van der Waals surface area contributed by atoms with Gasteiger partial charge in [-0.1, -0.05) is 76.2 Å². The number of nitrogens with zero attached hydrogens (tertiary/aromatic N) is 2. The lowest BCUT2D eigenvalue weighted by Gasteiger charge is -2.11. The van der Waals surface area contributed by atoms with E-state index in [2.05, 4.69) is 26.0 Å². The maximum Gasteiger partial charge on any atom is 0.112 e. The minimum Gasteiger partial charge on any atom is -0.231 e. The smallest absolute Gasteiger partial charge is 0.112 e. The Bertz CT molecular complexity index is 1280. The second-order valence-electron chi connectivity index (χ2n) is 6.95. The summed E-state index contributed by atoms with van der Waals surface area (Å²) >= 11 is 31.6. The average molecular weight is 497 g/mol. The Morgan fingerprint density at radius 2 is 1.23 bits per heavy atom. The van der Waals surface area contributed by atoms with Gasteiger partial charge in [0.2, 0.25) is 0 Å². The number of hydrogen-bond acceptors (Lipinski definition) is 1. The maximum atomic E-state index is 6.87. The van der Waals surface area contributed by atoms with Crippen molar-refractivity contribution < 1.29 is 0 Å². The van der Waals surface area contributed by atoms with E-state index >= 15 is 0 Å². The number of halogens is 5. The molecule has 7 heteroatoms. The fraction of sp³-hybridized carbons (Fsp3) is 0.0870. The molecular weight excluding hydrogens is 482 g/mol. The molecule has 152 valence electrons. The van der Waals surface area contributed by atoms with Gasteiger partial charge in [-0.05, 0) is 61.4 Å². The van der Waals surface area contributed by atoms with Gasteiger partial charge in [-0.2, -0.15) is 5.10 Å². The highest BCUT2D eigenvalue weighted by atomic mass is 35.5. The van der Waals surface area contributed by atoms with E-state index in [1.54, 1.807) is 24.3 Å². The van der Waals surface area contributed by atoms with Crippen LogP contribution in [0.5, 0.6) is 0 Å². The third-order valence-corrected chi connectivity index (χ3v) is 6.78. The van der Waals surface area contributed by atoms with Crippen molar-refractivity contribution in [3.05, 3.63) is 90.8 Å². The zero-order valence-electron chi connectivity index (χ0n) is 16.0. The molecule has 0 radical (unpaired) electrons. The van der Waals surface area contributed by atoms with Crippen LogP contribution in [0.3, 0.4) is 0 Å². The quantitative estimate of drug-likeness (QED) is 0.277. The first-order valence-electron chi connectivity index (χ1n) is 9.03. The van der Waals surface area contributed by atoms with Gasteiger partial charge >= 0.3 is 0 Å². The maximum absolute atomic E-state index is 6.87. The number of benzene rings is 3. The highest BCUT2D eigenvalue weighted by molar-refractivity contribution is 6.43. The first-order valence-corrected chi connectivity index (χ1v) is 10.9. The summed E-state index contributed by atoms with van der Waals surface area (Å²) in [5.74, 6) is 0. The van der Waals surface area contributed by atoms with Crippen LogP contribution in [-0.4, -0.2) is 9.78 Å². The molecule has 0 amide bonds. The van der Waals surface area contributed by atoms with E-state index in [0.717, 1.165) is 22.4 Å². The molecule has 0 atom stereocenters. The summed E-state index contributed by atoms with van der Waals surface area (Å²) in [6.45, 7) is 4.12. The molecule has 1 heterocycles. The van der Waals surface area contributed by atoms with Crippen molar-refractivity contribution in [3.8, 4) is 28.2 Å². The van der Waals surface area contributed by atoms with Gasteiger partial charge in [0, 0.05) is 11.1 Å². The van der Waals surface area contributed by atoms with Crippen LogP contribution in [0.2, 0.25) is 25.1 Å². The van der Waals surface area contributed by atoms with E-state index in [-0.39, 0.29) is 0 Å². The van der Waals surface area contributed by atoms with E-state index in [1.807, 2.05) is 22.9 Å². The predicted octanol–water partition coefficient (Wildman–Crippen LogP) is 9.09. The van der Waals surface area contributed by atoms with E-state index in [9.17, 15) is 0 Å². The summed E-state index contributed by atoms with van der Waals surface area (Å²) in [6.07, 6.45) is 0. The van der Waals surface area contributed by atoms with Crippen LogP contribution < -0.4 is 0 Å². The van der Waals surface area contributed by atoms with Crippen LogP contribution in [0.4, 0.5) is 0 Å². The van der Waals surface area contributed by atoms with Crippen LogP contribution >= 0.6 is 58.0 Å². The molecule has 0 fully saturated rings. The monoisotopic (exact) mass is 494 g/mol. The number of aromatic nitrogens is 2. The Morgan fingerprint density at radius 3 is 1.83 bits per heavy atom. The molecule has 4 aromatic rings. The topological polar surface area (TPSA) is 17.8 Å². The number of rotatable bonds is 3. The van der Waals surface area contributed by atoms with E-state index in [0.29, 0.717) is 36.5 Å². The molecule has 4 rings (SSSR count). The van der Waals surface area contributed by atoms with Crippen LogP contribution in [0, 0.1) is 13.8 Å². The Hall–Kier alpha value is -1.68. The molecule has 2 nitrogen and oxygen atoms in total. The molecule has 0 spiro atoms. The van der Waals surface area contributed by atoms with E-state index in [1.165, 1.54) is 5.56 Å². The minimum absolute atomic E-state index is 0.432. The SMILES string of the molecule is Cc1ccc(-n2nc(-c3ccc(Cl)c(Cl)c3)c(Cl)c2-c2ccc(Cl)c(Cl)c2)cc1C. The molecular formula is C23H15Cl5N2. The van der Waals surface area contributed by atoms with Crippen molar-refractivity contribution in [1.82, 2.24) is 9.78 Å². The van der Waals surface area contributed by atoms with Crippen LogP contribution in [0.25, 0.3) is 28.2 Å². The van der Waals surface area contributed by atoms with Crippen molar-refractivity contribution in [2.45, 2.75) is 13.8 Å². The fourth-order valence-electron chi connectivity index (χ4n) is 3.16. The molecule has 0 N–H and O–H groups in total. The average Bonchev–Trinajstić information content (AvgIpc) is 3.05.